The molecule has 0 radical (unpaired) electrons. The van der Waals surface area contributed by atoms with Crippen molar-refractivity contribution in [1.82, 2.24) is 10.6 Å². The molecule has 1 unspecified atom stereocenters. The Kier molecular flexibility index (Phi) is 6.99. The van der Waals surface area contributed by atoms with Crippen LogP contribution in [0.4, 0.5) is 0 Å². The van der Waals surface area contributed by atoms with E-state index in [1.807, 2.05) is 0 Å². The minimum Gasteiger partial charge on any atom is -0.315 e. The SMILES string of the molecule is CCCNCC(C)NCc1ccc(C(C)C)cc1. The molecule has 1 aromatic rings. The van der Waals surface area contributed by atoms with Crippen molar-refractivity contribution in [2.45, 2.75) is 52.6 Å². The molecule has 2 heteroatoms. The molecule has 0 heterocycles. The van der Waals surface area contributed by atoms with E-state index in [0.717, 1.165) is 19.6 Å². The lowest BCUT2D eigenvalue weighted by Gasteiger charge is -2.15. The molecule has 0 saturated heterocycles. The summed E-state index contributed by atoms with van der Waals surface area (Å²) in [5, 5.41) is 6.98. The Morgan fingerprint density at radius 3 is 2.28 bits per heavy atom. The summed E-state index contributed by atoms with van der Waals surface area (Å²) < 4.78 is 0. The summed E-state index contributed by atoms with van der Waals surface area (Å²) in [6, 6.07) is 9.45. The molecule has 0 fully saturated rings. The van der Waals surface area contributed by atoms with Crippen LogP contribution in [0.15, 0.2) is 24.3 Å². The van der Waals surface area contributed by atoms with Gasteiger partial charge in [-0.25, -0.2) is 0 Å². The maximum atomic E-state index is 3.54. The third-order valence-electron chi connectivity index (χ3n) is 3.18. The molecule has 1 aromatic carbocycles. The van der Waals surface area contributed by atoms with Gasteiger partial charge in [-0.1, -0.05) is 45.0 Å². The van der Waals surface area contributed by atoms with E-state index in [1.54, 1.807) is 0 Å². The summed E-state index contributed by atoms with van der Waals surface area (Å²) in [6.07, 6.45) is 1.20. The smallest absolute Gasteiger partial charge is 0.0208 e. The summed E-state index contributed by atoms with van der Waals surface area (Å²) in [5.74, 6) is 0.615. The number of nitrogens with one attached hydrogen (secondary N) is 2. The maximum Gasteiger partial charge on any atom is 0.0208 e. The predicted molar refractivity (Wildman–Crippen MR) is 80.0 cm³/mol. The van der Waals surface area contributed by atoms with E-state index in [0.29, 0.717) is 12.0 Å². The molecule has 0 aliphatic rings. The quantitative estimate of drug-likeness (QED) is 0.690. The van der Waals surface area contributed by atoms with E-state index in [1.165, 1.54) is 17.5 Å². The number of hydrogen-bond acceptors (Lipinski definition) is 2. The molecule has 0 amide bonds. The Morgan fingerprint density at radius 2 is 1.72 bits per heavy atom. The normalized spacial score (nSPS) is 12.9. The van der Waals surface area contributed by atoms with Gasteiger partial charge < -0.3 is 10.6 Å². The van der Waals surface area contributed by atoms with Crippen molar-refractivity contribution in [1.29, 1.82) is 0 Å². The monoisotopic (exact) mass is 248 g/mol. The molecule has 102 valence electrons. The van der Waals surface area contributed by atoms with Gasteiger partial charge in [0, 0.05) is 19.1 Å². The first-order valence-electron chi connectivity index (χ1n) is 7.16. The molecule has 0 saturated carbocycles. The molecule has 2 N–H and O–H groups in total. The molecule has 2 nitrogen and oxygen atoms in total. The molecule has 1 rings (SSSR count). The Labute approximate surface area is 112 Å². The van der Waals surface area contributed by atoms with E-state index in [9.17, 15) is 0 Å². The van der Waals surface area contributed by atoms with Crippen LogP contribution in [0.3, 0.4) is 0 Å². The zero-order valence-corrected chi connectivity index (χ0v) is 12.3. The van der Waals surface area contributed by atoms with Crippen LogP contribution in [0.1, 0.15) is 51.2 Å². The highest BCUT2D eigenvalue weighted by Gasteiger charge is 2.02. The molecule has 0 aliphatic carbocycles. The van der Waals surface area contributed by atoms with Crippen molar-refractivity contribution in [3.05, 3.63) is 35.4 Å². The first-order chi connectivity index (χ1) is 8.63. The molecule has 0 bridgehead atoms. The fraction of sp³-hybridized carbons (Fsp3) is 0.625. The van der Waals surface area contributed by atoms with Gasteiger partial charge in [0.2, 0.25) is 0 Å². The summed E-state index contributed by atoms with van der Waals surface area (Å²) in [5.41, 5.74) is 2.78. The van der Waals surface area contributed by atoms with Crippen LogP contribution >= 0.6 is 0 Å². The van der Waals surface area contributed by atoms with Crippen molar-refractivity contribution in [2.75, 3.05) is 13.1 Å². The number of benzene rings is 1. The van der Waals surface area contributed by atoms with E-state index < -0.39 is 0 Å². The van der Waals surface area contributed by atoms with Gasteiger partial charge in [-0.3, -0.25) is 0 Å². The Morgan fingerprint density at radius 1 is 1.06 bits per heavy atom. The molecular weight excluding hydrogens is 220 g/mol. The first kappa shape index (κ1) is 15.2. The molecule has 18 heavy (non-hydrogen) atoms. The van der Waals surface area contributed by atoms with Gasteiger partial charge in [0.25, 0.3) is 0 Å². The van der Waals surface area contributed by atoms with Crippen molar-refractivity contribution < 1.29 is 0 Å². The lowest BCUT2D eigenvalue weighted by molar-refractivity contribution is 0.501. The summed E-state index contributed by atoms with van der Waals surface area (Å²) in [4.78, 5) is 0. The fourth-order valence-electron chi connectivity index (χ4n) is 1.88. The number of rotatable bonds is 8. The van der Waals surface area contributed by atoms with Crippen LogP contribution in [0, 0.1) is 0 Å². The van der Waals surface area contributed by atoms with Gasteiger partial charge in [-0.2, -0.15) is 0 Å². The molecule has 0 aromatic heterocycles. The first-order valence-corrected chi connectivity index (χ1v) is 7.16. The van der Waals surface area contributed by atoms with Gasteiger partial charge in [0.05, 0.1) is 0 Å². The van der Waals surface area contributed by atoms with E-state index in [4.69, 9.17) is 0 Å². The van der Waals surface area contributed by atoms with E-state index in [-0.39, 0.29) is 0 Å². The maximum absolute atomic E-state index is 3.54. The Bertz CT molecular complexity index is 316. The Hall–Kier alpha value is -0.860. The zero-order chi connectivity index (χ0) is 13.4. The second-order valence-corrected chi connectivity index (χ2v) is 5.38. The van der Waals surface area contributed by atoms with Crippen LogP contribution in [-0.2, 0) is 6.54 Å². The molecule has 0 spiro atoms. The van der Waals surface area contributed by atoms with Gasteiger partial charge in [0.1, 0.15) is 0 Å². The van der Waals surface area contributed by atoms with Gasteiger partial charge in [0.15, 0.2) is 0 Å². The van der Waals surface area contributed by atoms with E-state index >= 15 is 0 Å². The van der Waals surface area contributed by atoms with Crippen LogP contribution in [0.2, 0.25) is 0 Å². The minimum absolute atomic E-state index is 0.515. The van der Waals surface area contributed by atoms with Crippen molar-refractivity contribution >= 4 is 0 Å². The van der Waals surface area contributed by atoms with E-state index in [2.05, 4.69) is 62.6 Å². The van der Waals surface area contributed by atoms with Gasteiger partial charge in [-0.05, 0) is 36.9 Å². The third-order valence-corrected chi connectivity index (χ3v) is 3.18. The minimum atomic E-state index is 0.515. The van der Waals surface area contributed by atoms with Crippen molar-refractivity contribution in [2.24, 2.45) is 0 Å². The highest BCUT2D eigenvalue weighted by atomic mass is 15.0. The third kappa shape index (κ3) is 5.65. The van der Waals surface area contributed by atoms with Gasteiger partial charge >= 0.3 is 0 Å². The average Bonchev–Trinajstić information content (AvgIpc) is 2.37. The van der Waals surface area contributed by atoms with Crippen molar-refractivity contribution in [3.63, 3.8) is 0 Å². The van der Waals surface area contributed by atoms with Crippen LogP contribution in [0.25, 0.3) is 0 Å². The molecule has 0 aliphatic heterocycles. The standard InChI is InChI=1S/C16H28N2/c1-5-10-17-11-14(4)18-12-15-6-8-16(9-7-15)13(2)3/h6-9,13-14,17-18H,5,10-12H2,1-4H3. The number of hydrogen-bond donors (Lipinski definition) is 2. The van der Waals surface area contributed by atoms with Crippen molar-refractivity contribution in [3.8, 4) is 0 Å². The fourth-order valence-corrected chi connectivity index (χ4v) is 1.88. The van der Waals surface area contributed by atoms with Crippen LogP contribution in [0.5, 0.6) is 0 Å². The van der Waals surface area contributed by atoms with Crippen LogP contribution in [-0.4, -0.2) is 19.1 Å². The largest absolute Gasteiger partial charge is 0.315 e. The molecular formula is C16H28N2. The summed E-state index contributed by atoms with van der Waals surface area (Å²) in [7, 11) is 0. The predicted octanol–water partition coefficient (Wildman–Crippen LogP) is 3.29. The summed E-state index contributed by atoms with van der Waals surface area (Å²) >= 11 is 0. The molecule has 1 atom stereocenters. The lowest BCUT2D eigenvalue weighted by Crippen LogP contribution is -2.36. The Balaban J connectivity index is 2.30. The van der Waals surface area contributed by atoms with Gasteiger partial charge in [-0.15, -0.1) is 0 Å². The van der Waals surface area contributed by atoms with Crippen LogP contribution < -0.4 is 10.6 Å². The second-order valence-electron chi connectivity index (χ2n) is 5.38. The average molecular weight is 248 g/mol. The highest BCUT2D eigenvalue weighted by Crippen LogP contribution is 2.14. The summed E-state index contributed by atoms with van der Waals surface area (Å²) in [6.45, 7) is 12.0. The zero-order valence-electron chi connectivity index (χ0n) is 12.3. The second kappa shape index (κ2) is 8.28. The highest BCUT2D eigenvalue weighted by molar-refractivity contribution is 5.24. The topological polar surface area (TPSA) is 24.1 Å². The lowest BCUT2D eigenvalue weighted by atomic mass is 10.0.